The minimum atomic E-state index is -1.20. The van der Waals surface area contributed by atoms with Crippen molar-refractivity contribution in [2.24, 2.45) is 11.5 Å². The number of carboxylic acid groups (broad SMARTS) is 2. The molecular formula is C6H14Cl2N2O5. The standard InChI is InChI=1S/C6H12N2O5.2ClH/c7-3(5(9)10)1-13-2-4(8)6(11)12;;/h3-4H,1-2,7-8H2,(H,9,10)(H,11,12);2*1H/t3-,4-;;/m0../s1. The van der Waals surface area contributed by atoms with Gasteiger partial charge < -0.3 is 26.4 Å². The van der Waals surface area contributed by atoms with Gasteiger partial charge >= 0.3 is 11.9 Å². The molecule has 0 rings (SSSR count). The molecule has 0 aliphatic carbocycles. The number of carboxylic acids is 2. The molecule has 0 spiro atoms. The molecule has 6 N–H and O–H groups in total. The van der Waals surface area contributed by atoms with Gasteiger partial charge in [0.1, 0.15) is 12.1 Å². The highest BCUT2D eigenvalue weighted by molar-refractivity contribution is 5.85. The van der Waals surface area contributed by atoms with Gasteiger partial charge in [0.05, 0.1) is 13.2 Å². The zero-order valence-corrected chi connectivity index (χ0v) is 9.29. The molecule has 0 saturated carbocycles. The number of nitrogens with two attached hydrogens (primary N) is 2. The van der Waals surface area contributed by atoms with E-state index in [-0.39, 0.29) is 38.0 Å². The highest BCUT2D eigenvalue weighted by atomic mass is 35.5. The molecule has 7 nitrogen and oxygen atoms in total. The van der Waals surface area contributed by atoms with Gasteiger partial charge in [-0.3, -0.25) is 9.59 Å². The van der Waals surface area contributed by atoms with Gasteiger partial charge in [0.15, 0.2) is 0 Å². The van der Waals surface area contributed by atoms with E-state index in [0.29, 0.717) is 0 Å². The molecular weight excluding hydrogens is 251 g/mol. The Morgan fingerprint density at radius 3 is 1.47 bits per heavy atom. The van der Waals surface area contributed by atoms with Crippen LogP contribution >= 0.6 is 24.8 Å². The van der Waals surface area contributed by atoms with E-state index >= 15 is 0 Å². The Balaban J connectivity index is -0.000000720. The molecule has 0 aromatic rings. The second-order valence-corrected chi connectivity index (χ2v) is 2.43. The fourth-order valence-electron chi connectivity index (χ4n) is 0.465. The topological polar surface area (TPSA) is 136 Å². The van der Waals surface area contributed by atoms with Gasteiger partial charge in [-0.15, -0.1) is 24.8 Å². The smallest absolute Gasteiger partial charge is 0.322 e. The van der Waals surface area contributed by atoms with Gasteiger partial charge in [0.2, 0.25) is 0 Å². The maximum Gasteiger partial charge on any atom is 0.322 e. The Labute approximate surface area is 98.6 Å². The Morgan fingerprint density at radius 2 is 1.27 bits per heavy atom. The van der Waals surface area contributed by atoms with Crippen LogP contribution in [0.3, 0.4) is 0 Å². The van der Waals surface area contributed by atoms with Crippen LogP contribution in [0.2, 0.25) is 0 Å². The summed E-state index contributed by atoms with van der Waals surface area (Å²) in [6, 6.07) is -2.30. The van der Waals surface area contributed by atoms with Crippen molar-refractivity contribution in [1.82, 2.24) is 0 Å². The van der Waals surface area contributed by atoms with Crippen LogP contribution in [0.5, 0.6) is 0 Å². The summed E-state index contributed by atoms with van der Waals surface area (Å²) >= 11 is 0. The van der Waals surface area contributed by atoms with E-state index in [1.807, 2.05) is 0 Å². The van der Waals surface area contributed by atoms with Crippen LogP contribution in [0, 0.1) is 0 Å². The lowest BCUT2D eigenvalue weighted by atomic mass is 10.3. The van der Waals surface area contributed by atoms with Crippen molar-refractivity contribution in [3.05, 3.63) is 0 Å². The molecule has 0 unspecified atom stereocenters. The van der Waals surface area contributed by atoms with Crippen LogP contribution in [0.1, 0.15) is 0 Å². The molecule has 0 fully saturated rings. The van der Waals surface area contributed by atoms with Crippen LogP contribution in [-0.4, -0.2) is 47.4 Å². The first-order chi connectivity index (χ1) is 5.95. The molecule has 0 bridgehead atoms. The fourth-order valence-corrected chi connectivity index (χ4v) is 0.465. The first-order valence-corrected chi connectivity index (χ1v) is 3.49. The third-order valence-corrected chi connectivity index (χ3v) is 1.23. The third-order valence-electron chi connectivity index (χ3n) is 1.23. The Hall–Kier alpha value is -0.600. The Morgan fingerprint density at radius 1 is 1.00 bits per heavy atom. The summed E-state index contributed by atoms with van der Waals surface area (Å²) in [5, 5.41) is 16.6. The van der Waals surface area contributed by atoms with Crippen molar-refractivity contribution in [2.75, 3.05) is 13.2 Å². The van der Waals surface area contributed by atoms with E-state index in [4.69, 9.17) is 21.7 Å². The van der Waals surface area contributed by atoms with Crippen molar-refractivity contribution >= 4 is 36.8 Å². The summed E-state index contributed by atoms with van der Waals surface area (Å²) in [5.41, 5.74) is 10.1. The van der Waals surface area contributed by atoms with E-state index in [1.165, 1.54) is 0 Å². The molecule has 15 heavy (non-hydrogen) atoms. The second-order valence-electron chi connectivity index (χ2n) is 2.43. The zero-order valence-electron chi connectivity index (χ0n) is 7.66. The van der Waals surface area contributed by atoms with Crippen molar-refractivity contribution in [2.45, 2.75) is 12.1 Å². The highest BCUT2D eigenvalue weighted by Gasteiger charge is 2.15. The molecule has 0 aliphatic rings. The van der Waals surface area contributed by atoms with Gasteiger partial charge in [-0.05, 0) is 0 Å². The largest absolute Gasteiger partial charge is 0.480 e. The molecule has 0 aromatic carbocycles. The van der Waals surface area contributed by atoms with Crippen LogP contribution in [0.25, 0.3) is 0 Å². The van der Waals surface area contributed by atoms with Crippen molar-refractivity contribution in [1.29, 1.82) is 0 Å². The van der Waals surface area contributed by atoms with Crippen LogP contribution < -0.4 is 11.5 Å². The third kappa shape index (κ3) is 9.70. The van der Waals surface area contributed by atoms with Gasteiger partial charge in [-0.1, -0.05) is 0 Å². The monoisotopic (exact) mass is 264 g/mol. The predicted octanol–water partition coefficient (Wildman–Crippen LogP) is -1.33. The van der Waals surface area contributed by atoms with Gasteiger partial charge in [0.25, 0.3) is 0 Å². The lowest BCUT2D eigenvalue weighted by Gasteiger charge is -2.09. The number of carbonyl (C=O) groups is 2. The molecule has 9 heteroatoms. The lowest BCUT2D eigenvalue weighted by Crippen LogP contribution is -2.39. The number of hydrogen-bond donors (Lipinski definition) is 4. The molecule has 0 amide bonds. The number of hydrogen-bond acceptors (Lipinski definition) is 5. The number of halogens is 2. The minimum Gasteiger partial charge on any atom is -0.480 e. The Bertz CT molecular complexity index is 184. The van der Waals surface area contributed by atoms with Crippen LogP contribution in [-0.2, 0) is 14.3 Å². The molecule has 0 aliphatic heterocycles. The maximum absolute atomic E-state index is 10.2. The number of ether oxygens (including phenoxy) is 1. The summed E-state index contributed by atoms with van der Waals surface area (Å²) in [6.07, 6.45) is 0. The summed E-state index contributed by atoms with van der Waals surface area (Å²) < 4.78 is 4.67. The van der Waals surface area contributed by atoms with E-state index in [1.54, 1.807) is 0 Å². The molecule has 0 heterocycles. The van der Waals surface area contributed by atoms with Crippen LogP contribution in [0.15, 0.2) is 0 Å². The summed E-state index contributed by atoms with van der Waals surface area (Å²) in [5.74, 6) is -2.41. The zero-order chi connectivity index (χ0) is 10.4. The van der Waals surface area contributed by atoms with E-state index in [0.717, 1.165) is 0 Å². The van der Waals surface area contributed by atoms with Gasteiger partial charge in [-0.2, -0.15) is 0 Å². The Kier molecular flexibility index (Phi) is 13.2. The first-order valence-electron chi connectivity index (χ1n) is 3.49. The van der Waals surface area contributed by atoms with Gasteiger partial charge in [0, 0.05) is 0 Å². The van der Waals surface area contributed by atoms with E-state index < -0.39 is 24.0 Å². The van der Waals surface area contributed by atoms with Crippen LogP contribution in [0.4, 0.5) is 0 Å². The summed E-state index contributed by atoms with van der Waals surface area (Å²) in [7, 11) is 0. The molecule has 0 saturated heterocycles. The molecule has 2 atom stereocenters. The normalized spacial score (nSPS) is 12.9. The molecule has 92 valence electrons. The second kappa shape index (κ2) is 9.94. The van der Waals surface area contributed by atoms with Crippen molar-refractivity contribution in [3.63, 3.8) is 0 Å². The van der Waals surface area contributed by atoms with E-state index in [2.05, 4.69) is 4.74 Å². The fraction of sp³-hybridized carbons (Fsp3) is 0.667. The average Bonchev–Trinajstić information content (AvgIpc) is 2.03. The maximum atomic E-state index is 10.2. The highest BCUT2D eigenvalue weighted by Crippen LogP contribution is 1.85. The molecule has 0 aromatic heterocycles. The molecule has 0 radical (unpaired) electrons. The van der Waals surface area contributed by atoms with E-state index in [9.17, 15) is 9.59 Å². The predicted molar refractivity (Wildman–Crippen MR) is 56.5 cm³/mol. The minimum absolute atomic E-state index is 0. The number of rotatable bonds is 6. The summed E-state index contributed by atoms with van der Waals surface area (Å²) in [4.78, 5) is 20.3. The van der Waals surface area contributed by atoms with Crippen molar-refractivity contribution < 1.29 is 24.5 Å². The quantitative estimate of drug-likeness (QED) is 0.467. The van der Waals surface area contributed by atoms with Crippen molar-refractivity contribution in [3.8, 4) is 0 Å². The average molecular weight is 265 g/mol. The first kappa shape index (κ1) is 19.9. The van der Waals surface area contributed by atoms with Gasteiger partial charge in [-0.25, -0.2) is 0 Å². The lowest BCUT2D eigenvalue weighted by molar-refractivity contribution is -0.141. The SMILES string of the molecule is Cl.Cl.N[C@@H](COC[C@H](N)C(=O)O)C(=O)O. The number of aliphatic carboxylic acids is 2. The summed E-state index contributed by atoms with van der Waals surface area (Å²) in [6.45, 7) is -0.507.